The highest BCUT2D eigenvalue weighted by Gasteiger charge is 2.18. The summed E-state index contributed by atoms with van der Waals surface area (Å²) in [6, 6.07) is 0. The molecule has 0 aliphatic heterocycles. The summed E-state index contributed by atoms with van der Waals surface area (Å²) < 4.78 is 4.00. The number of hydrogen-bond donors (Lipinski definition) is 3. The third-order valence-electron chi connectivity index (χ3n) is 2.52. The second-order valence-electron chi connectivity index (χ2n) is 3.78. The number of carbonyl (C=O) groups excluding carboxylic acids is 1. The molecule has 6 nitrogen and oxygen atoms in total. The summed E-state index contributed by atoms with van der Waals surface area (Å²) in [6.07, 6.45) is 2.86. The average molecular weight is 297 g/mol. The number of anilines is 2. The van der Waals surface area contributed by atoms with Crippen LogP contribution in [0.15, 0.2) is 6.20 Å². The molecule has 2 aromatic heterocycles. The number of thiazole rings is 1. The Labute approximate surface area is 119 Å². The van der Waals surface area contributed by atoms with Crippen LogP contribution in [-0.4, -0.2) is 22.3 Å². The Morgan fingerprint density at radius 3 is 2.95 bits per heavy atom. The van der Waals surface area contributed by atoms with Crippen LogP contribution in [0.3, 0.4) is 0 Å². The Hall–Kier alpha value is -1.67. The number of hydrogen-bond acceptors (Lipinski definition) is 7. The molecule has 0 atom stereocenters. The van der Waals surface area contributed by atoms with E-state index >= 15 is 0 Å². The molecule has 0 radical (unpaired) electrons. The Morgan fingerprint density at radius 2 is 2.32 bits per heavy atom. The van der Waals surface area contributed by atoms with E-state index in [1.807, 2.05) is 6.20 Å². The highest BCUT2D eigenvalue weighted by atomic mass is 32.1. The average Bonchev–Trinajstić information content (AvgIpc) is 3.02. The first-order valence-corrected chi connectivity index (χ1v) is 7.39. The van der Waals surface area contributed by atoms with Crippen molar-refractivity contribution in [3.8, 4) is 0 Å². The molecule has 1 amide bonds. The molecule has 0 unspecified atom stereocenters. The molecular weight excluding hydrogens is 282 g/mol. The van der Waals surface area contributed by atoms with Crippen molar-refractivity contribution in [1.82, 2.24) is 14.7 Å². The van der Waals surface area contributed by atoms with E-state index in [1.165, 1.54) is 16.4 Å². The zero-order valence-corrected chi connectivity index (χ0v) is 12.3. The maximum absolute atomic E-state index is 11.7. The van der Waals surface area contributed by atoms with Gasteiger partial charge in [0.15, 0.2) is 5.82 Å². The number of nitrogen functional groups attached to an aromatic ring is 1. The minimum atomic E-state index is -0.234. The van der Waals surface area contributed by atoms with E-state index in [1.54, 1.807) is 18.4 Å². The molecule has 0 bridgehead atoms. The summed E-state index contributed by atoms with van der Waals surface area (Å²) in [4.78, 5) is 17.3. The monoisotopic (exact) mass is 297 g/mol. The van der Waals surface area contributed by atoms with Crippen molar-refractivity contribution in [1.29, 1.82) is 0 Å². The van der Waals surface area contributed by atoms with E-state index in [4.69, 9.17) is 5.73 Å². The van der Waals surface area contributed by atoms with Crippen molar-refractivity contribution in [2.75, 3.05) is 18.1 Å². The van der Waals surface area contributed by atoms with Crippen LogP contribution in [0, 0.1) is 0 Å². The number of nitrogens with two attached hydrogens (primary N) is 1. The predicted octanol–water partition coefficient (Wildman–Crippen LogP) is 1.72. The minimum Gasteiger partial charge on any atom is -0.382 e. The first-order chi connectivity index (χ1) is 9.15. The summed E-state index contributed by atoms with van der Waals surface area (Å²) in [5, 5.41) is 7.37. The van der Waals surface area contributed by atoms with Crippen molar-refractivity contribution < 1.29 is 4.79 Å². The van der Waals surface area contributed by atoms with Crippen molar-refractivity contribution in [2.24, 2.45) is 0 Å². The van der Waals surface area contributed by atoms with Crippen LogP contribution in [0.4, 0.5) is 10.8 Å². The van der Waals surface area contributed by atoms with E-state index in [0.717, 1.165) is 11.4 Å². The minimum absolute atomic E-state index is 0.234. The second kappa shape index (κ2) is 5.98. The summed E-state index contributed by atoms with van der Waals surface area (Å²) in [5.41, 5.74) is 6.10. The molecule has 0 aromatic carbocycles. The van der Waals surface area contributed by atoms with Gasteiger partial charge in [-0.1, -0.05) is 6.92 Å². The van der Waals surface area contributed by atoms with Gasteiger partial charge in [-0.3, -0.25) is 4.79 Å². The molecule has 2 aromatic rings. The Bertz CT molecular complexity index is 577. The van der Waals surface area contributed by atoms with Gasteiger partial charge in [-0.15, -0.1) is 11.3 Å². The molecule has 0 fully saturated rings. The lowest BCUT2D eigenvalue weighted by atomic mass is 10.3. The van der Waals surface area contributed by atoms with Crippen LogP contribution in [0.5, 0.6) is 0 Å². The second-order valence-corrected chi connectivity index (χ2v) is 5.75. The van der Waals surface area contributed by atoms with Crippen LogP contribution in [0.2, 0.25) is 0 Å². The van der Waals surface area contributed by atoms with Crippen LogP contribution in [0.25, 0.3) is 0 Å². The number of rotatable bonds is 5. The zero-order chi connectivity index (χ0) is 13.8. The van der Waals surface area contributed by atoms with Gasteiger partial charge >= 0.3 is 0 Å². The van der Waals surface area contributed by atoms with Gasteiger partial charge in [0.05, 0.1) is 6.54 Å². The van der Waals surface area contributed by atoms with E-state index in [0.29, 0.717) is 17.1 Å². The lowest BCUT2D eigenvalue weighted by Gasteiger charge is -2.04. The molecule has 0 saturated carbocycles. The lowest BCUT2D eigenvalue weighted by Crippen LogP contribution is -2.20. The van der Waals surface area contributed by atoms with Crippen molar-refractivity contribution in [3.63, 3.8) is 0 Å². The normalized spacial score (nSPS) is 10.4. The van der Waals surface area contributed by atoms with Gasteiger partial charge in [-0.05, 0) is 18.0 Å². The number of aromatic nitrogens is 2. The lowest BCUT2D eigenvalue weighted by molar-refractivity contribution is 0.0965. The maximum atomic E-state index is 11.7. The Morgan fingerprint density at radius 1 is 1.53 bits per heavy atom. The third-order valence-corrected chi connectivity index (χ3v) is 4.48. The van der Waals surface area contributed by atoms with Gasteiger partial charge in [0, 0.05) is 18.1 Å². The molecule has 2 heterocycles. The van der Waals surface area contributed by atoms with Crippen LogP contribution in [-0.2, 0) is 13.0 Å². The number of amides is 1. The van der Waals surface area contributed by atoms with E-state index in [2.05, 4.69) is 26.9 Å². The van der Waals surface area contributed by atoms with Crippen LogP contribution >= 0.6 is 22.9 Å². The van der Waals surface area contributed by atoms with Crippen molar-refractivity contribution in [3.05, 3.63) is 21.6 Å². The highest BCUT2D eigenvalue weighted by Crippen LogP contribution is 2.27. The SMILES string of the molecule is CCc1cnc(CNc2snc(N)c2C(=O)NC)s1. The maximum Gasteiger partial charge on any atom is 0.257 e. The van der Waals surface area contributed by atoms with E-state index in [9.17, 15) is 4.79 Å². The smallest absolute Gasteiger partial charge is 0.257 e. The van der Waals surface area contributed by atoms with E-state index < -0.39 is 0 Å². The van der Waals surface area contributed by atoms with Gasteiger partial charge in [-0.25, -0.2) is 4.98 Å². The largest absolute Gasteiger partial charge is 0.382 e. The van der Waals surface area contributed by atoms with Gasteiger partial charge in [0.2, 0.25) is 0 Å². The highest BCUT2D eigenvalue weighted by molar-refractivity contribution is 7.12. The quantitative estimate of drug-likeness (QED) is 0.781. The fourth-order valence-corrected chi connectivity index (χ4v) is 3.02. The summed E-state index contributed by atoms with van der Waals surface area (Å²) in [5.74, 6) is 0.0161. The Kier molecular flexibility index (Phi) is 4.33. The van der Waals surface area contributed by atoms with Crippen molar-refractivity contribution in [2.45, 2.75) is 19.9 Å². The third kappa shape index (κ3) is 3.02. The van der Waals surface area contributed by atoms with E-state index in [-0.39, 0.29) is 11.7 Å². The van der Waals surface area contributed by atoms with Gasteiger partial charge < -0.3 is 16.4 Å². The predicted molar refractivity (Wildman–Crippen MR) is 78.7 cm³/mol. The van der Waals surface area contributed by atoms with Gasteiger partial charge in [0.25, 0.3) is 5.91 Å². The molecule has 102 valence electrons. The van der Waals surface area contributed by atoms with Crippen LogP contribution in [0.1, 0.15) is 27.2 Å². The van der Waals surface area contributed by atoms with Gasteiger partial charge in [0.1, 0.15) is 15.6 Å². The Balaban J connectivity index is 2.09. The van der Waals surface area contributed by atoms with Gasteiger partial charge in [-0.2, -0.15) is 4.37 Å². The molecule has 8 heteroatoms. The summed E-state index contributed by atoms with van der Waals surface area (Å²) in [7, 11) is 1.57. The number of aryl methyl sites for hydroxylation is 1. The van der Waals surface area contributed by atoms with Crippen LogP contribution < -0.4 is 16.4 Å². The molecule has 0 spiro atoms. The zero-order valence-electron chi connectivity index (χ0n) is 10.7. The molecule has 2 rings (SSSR count). The fraction of sp³-hybridized carbons (Fsp3) is 0.364. The summed E-state index contributed by atoms with van der Waals surface area (Å²) >= 11 is 2.84. The number of nitrogens with one attached hydrogen (secondary N) is 2. The molecule has 0 aliphatic rings. The molecule has 19 heavy (non-hydrogen) atoms. The molecule has 4 N–H and O–H groups in total. The molecular formula is C11H15N5OS2. The molecule has 0 aliphatic carbocycles. The fourth-order valence-electron chi connectivity index (χ4n) is 1.52. The molecule has 0 saturated heterocycles. The topological polar surface area (TPSA) is 92.9 Å². The first-order valence-electron chi connectivity index (χ1n) is 5.80. The number of carbonyl (C=O) groups is 1. The standard InChI is InChI=1S/C11H15N5OS2/c1-3-6-4-14-7(18-6)5-15-11-8(10(17)13-2)9(12)16-19-11/h4,15H,3,5H2,1-2H3,(H2,12,16)(H,13,17). The van der Waals surface area contributed by atoms with Crippen molar-refractivity contribution >= 4 is 39.6 Å². The summed E-state index contributed by atoms with van der Waals surface area (Å²) in [6.45, 7) is 2.66. The first kappa shape index (κ1) is 13.8. The number of nitrogens with zero attached hydrogens (tertiary/aromatic N) is 2.